The lowest BCUT2D eigenvalue weighted by Crippen LogP contribution is -2.08. The van der Waals surface area contributed by atoms with Crippen LogP contribution in [-0.4, -0.2) is 5.24 Å². The third-order valence-corrected chi connectivity index (χ3v) is 5.17. The van der Waals surface area contributed by atoms with Gasteiger partial charge in [-0.1, -0.05) is 0 Å². The molecular weight excluding hydrogens is 544 g/mol. The van der Waals surface area contributed by atoms with Gasteiger partial charge >= 0.3 is 0 Å². The molecule has 76 valence electrons. The summed E-state index contributed by atoms with van der Waals surface area (Å²) < 4.78 is 2.08. The SMILES string of the molecule is Nc1c(I)c(N)c(I)c(C(=O)Cl)c1I. The van der Waals surface area contributed by atoms with Crippen molar-refractivity contribution >= 4 is 96.0 Å². The van der Waals surface area contributed by atoms with Gasteiger partial charge in [0.15, 0.2) is 0 Å². The van der Waals surface area contributed by atoms with Gasteiger partial charge in [-0.15, -0.1) is 0 Å². The molecule has 0 spiro atoms. The topological polar surface area (TPSA) is 69.1 Å². The Kier molecular flexibility index (Phi) is 4.53. The highest BCUT2D eigenvalue weighted by atomic mass is 127. The second kappa shape index (κ2) is 4.87. The van der Waals surface area contributed by atoms with Gasteiger partial charge in [0.05, 0.1) is 27.6 Å². The van der Waals surface area contributed by atoms with E-state index in [4.69, 9.17) is 23.1 Å². The van der Waals surface area contributed by atoms with Gasteiger partial charge < -0.3 is 11.5 Å². The fourth-order valence-corrected chi connectivity index (χ4v) is 5.04. The normalized spacial score (nSPS) is 10.3. The van der Waals surface area contributed by atoms with Crippen molar-refractivity contribution in [3.63, 3.8) is 0 Å². The molecule has 0 atom stereocenters. The largest absolute Gasteiger partial charge is 0.397 e. The van der Waals surface area contributed by atoms with Gasteiger partial charge in [0, 0.05) is 0 Å². The zero-order valence-corrected chi connectivity index (χ0v) is 13.8. The first-order valence-electron chi connectivity index (χ1n) is 3.29. The second-order valence-corrected chi connectivity index (χ2v) is 6.00. The van der Waals surface area contributed by atoms with Crippen molar-refractivity contribution in [2.75, 3.05) is 11.5 Å². The number of anilines is 2. The molecule has 7 heteroatoms. The van der Waals surface area contributed by atoms with E-state index in [1.165, 1.54) is 0 Å². The summed E-state index contributed by atoms with van der Waals surface area (Å²) in [7, 11) is 0. The van der Waals surface area contributed by atoms with Crippen LogP contribution in [0.2, 0.25) is 0 Å². The van der Waals surface area contributed by atoms with E-state index in [0.717, 1.165) is 3.57 Å². The first-order chi connectivity index (χ1) is 6.37. The molecule has 0 fully saturated rings. The van der Waals surface area contributed by atoms with E-state index in [1.807, 2.05) is 67.8 Å². The molecule has 0 aliphatic rings. The highest BCUT2D eigenvalue weighted by Gasteiger charge is 2.20. The van der Waals surface area contributed by atoms with Crippen molar-refractivity contribution in [2.24, 2.45) is 0 Å². The lowest BCUT2D eigenvalue weighted by molar-refractivity contribution is 0.108. The van der Waals surface area contributed by atoms with Crippen molar-refractivity contribution in [2.45, 2.75) is 0 Å². The molecule has 0 bridgehead atoms. The summed E-state index contributed by atoms with van der Waals surface area (Å²) in [5, 5.41) is -0.534. The van der Waals surface area contributed by atoms with Gasteiger partial charge in [-0.3, -0.25) is 4.79 Å². The Morgan fingerprint density at radius 2 is 1.36 bits per heavy atom. The maximum atomic E-state index is 11.1. The molecular formula is C7H4ClI3N2O. The standard InChI is InChI=1S/C7H4ClI3N2O/c8-7(14)1-2(9)5(12)4(11)6(13)3(1)10/h12-13H2. The molecule has 0 aliphatic carbocycles. The third kappa shape index (κ3) is 2.21. The quantitative estimate of drug-likeness (QED) is 0.322. The summed E-state index contributed by atoms with van der Waals surface area (Å²) in [5.74, 6) is 0. The number of nitrogens with two attached hydrogens (primary N) is 2. The fourth-order valence-electron chi connectivity index (χ4n) is 0.876. The third-order valence-electron chi connectivity index (χ3n) is 1.58. The molecule has 1 aromatic carbocycles. The summed E-state index contributed by atoms with van der Waals surface area (Å²) in [6.07, 6.45) is 0. The molecule has 0 amide bonds. The van der Waals surface area contributed by atoms with Gasteiger partial charge in [-0.25, -0.2) is 0 Å². The Balaban J connectivity index is 3.68. The molecule has 0 saturated carbocycles. The Morgan fingerprint density at radius 1 is 1.00 bits per heavy atom. The van der Waals surface area contributed by atoms with Crippen LogP contribution >= 0.6 is 79.4 Å². The summed E-state index contributed by atoms with van der Waals surface area (Å²) in [6.45, 7) is 0. The molecule has 1 rings (SSSR count). The molecule has 0 radical (unpaired) electrons. The number of carbonyl (C=O) groups excluding carboxylic acids is 1. The van der Waals surface area contributed by atoms with Crippen LogP contribution in [0.1, 0.15) is 10.4 Å². The lowest BCUT2D eigenvalue weighted by atomic mass is 10.2. The van der Waals surface area contributed by atoms with E-state index in [9.17, 15) is 4.79 Å². The Hall–Kier alpha value is 0.970. The fraction of sp³-hybridized carbons (Fsp3) is 0. The van der Waals surface area contributed by atoms with Crippen molar-refractivity contribution < 1.29 is 4.79 Å². The first-order valence-corrected chi connectivity index (χ1v) is 6.90. The smallest absolute Gasteiger partial charge is 0.254 e. The van der Waals surface area contributed by atoms with Gasteiger partial charge in [0.25, 0.3) is 5.24 Å². The predicted octanol–water partition coefficient (Wildman–Crippen LogP) is 3.04. The van der Waals surface area contributed by atoms with Crippen molar-refractivity contribution in [1.82, 2.24) is 0 Å². The minimum absolute atomic E-state index is 0.392. The first kappa shape index (κ1) is 13.0. The molecule has 0 unspecified atom stereocenters. The van der Waals surface area contributed by atoms with Crippen LogP contribution in [0.15, 0.2) is 0 Å². The van der Waals surface area contributed by atoms with E-state index in [-0.39, 0.29) is 0 Å². The van der Waals surface area contributed by atoms with Crippen LogP contribution in [-0.2, 0) is 0 Å². The number of nitrogen functional groups attached to an aromatic ring is 2. The summed E-state index contributed by atoms with van der Waals surface area (Å²) >= 11 is 11.5. The zero-order valence-electron chi connectivity index (χ0n) is 6.57. The number of hydrogen-bond donors (Lipinski definition) is 2. The molecule has 0 aromatic heterocycles. The number of carbonyl (C=O) groups is 1. The monoisotopic (exact) mass is 548 g/mol. The van der Waals surface area contributed by atoms with Gasteiger partial charge in [0.2, 0.25) is 0 Å². The average molecular weight is 548 g/mol. The van der Waals surface area contributed by atoms with Crippen molar-refractivity contribution in [1.29, 1.82) is 0 Å². The maximum absolute atomic E-state index is 11.1. The second-order valence-electron chi connectivity index (χ2n) is 2.42. The predicted molar refractivity (Wildman–Crippen MR) is 83.6 cm³/mol. The van der Waals surface area contributed by atoms with E-state index < -0.39 is 5.24 Å². The van der Waals surface area contributed by atoms with Crippen molar-refractivity contribution in [3.8, 4) is 0 Å². The van der Waals surface area contributed by atoms with Crippen molar-refractivity contribution in [3.05, 3.63) is 16.3 Å². The number of benzene rings is 1. The number of hydrogen-bond acceptors (Lipinski definition) is 3. The van der Waals surface area contributed by atoms with Gasteiger partial charge in [0.1, 0.15) is 0 Å². The van der Waals surface area contributed by atoms with Gasteiger partial charge in [-0.2, -0.15) is 0 Å². The molecule has 14 heavy (non-hydrogen) atoms. The summed E-state index contributed by atoms with van der Waals surface area (Å²) in [5.41, 5.74) is 13.0. The van der Waals surface area contributed by atoms with Crippen LogP contribution in [0.25, 0.3) is 0 Å². The highest BCUT2D eigenvalue weighted by molar-refractivity contribution is 14.1. The molecule has 0 heterocycles. The van der Waals surface area contributed by atoms with E-state index in [2.05, 4.69) is 0 Å². The maximum Gasteiger partial charge on any atom is 0.254 e. The van der Waals surface area contributed by atoms with Crippen LogP contribution in [0.5, 0.6) is 0 Å². The van der Waals surface area contributed by atoms with Crippen LogP contribution in [0, 0.1) is 10.7 Å². The molecule has 3 nitrogen and oxygen atoms in total. The Bertz CT molecular complexity index is 393. The van der Waals surface area contributed by atoms with E-state index in [0.29, 0.717) is 24.1 Å². The van der Waals surface area contributed by atoms with Crippen LogP contribution in [0.4, 0.5) is 11.4 Å². The molecule has 4 N–H and O–H groups in total. The number of rotatable bonds is 1. The Morgan fingerprint density at radius 3 is 1.64 bits per heavy atom. The Labute approximate surface area is 127 Å². The van der Waals surface area contributed by atoms with Crippen LogP contribution in [0.3, 0.4) is 0 Å². The minimum atomic E-state index is -0.534. The zero-order chi connectivity index (χ0) is 11.0. The molecule has 1 aromatic rings. The minimum Gasteiger partial charge on any atom is -0.397 e. The highest BCUT2D eigenvalue weighted by Crippen LogP contribution is 2.35. The molecule has 0 saturated heterocycles. The van der Waals surface area contributed by atoms with E-state index >= 15 is 0 Å². The van der Waals surface area contributed by atoms with E-state index in [1.54, 1.807) is 0 Å². The number of halogens is 4. The summed E-state index contributed by atoms with van der Waals surface area (Å²) in [6, 6.07) is 0. The van der Waals surface area contributed by atoms with Gasteiger partial charge in [-0.05, 0) is 79.4 Å². The summed E-state index contributed by atoms with van der Waals surface area (Å²) in [4.78, 5) is 11.1. The lowest BCUT2D eigenvalue weighted by Gasteiger charge is -2.11. The molecule has 0 aliphatic heterocycles. The average Bonchev–Trinajstić information content (AvgIpc) is 2.11. The van der Waals surface area contributed by atoms with Crippen LogP contribution < -0.4 is 11.5 Å².